The van der Waals surface area contributed by atoms with E-state index in [1.807, 2.05) is 0 Å². The maximum atomic E-state index is 10.0. The third-order valence-corrected chi connectivity index (χ3v) is 3.86. The second-order valence-corrected chi connectivity index (χ2v) is 5.72. The third kappa shape index (κ3) is 6.69. The molecule has 0 aliphatic carbocycles. The predicted octanol–water partition coefficient (Wildman–Crippen LogP) is 1.11. The molecule has 0 saturated carbocycles. The van der Waals surface area contributed by atoms with Gasteiger partial charge >= 0.3 is 0 Å². The monoisotopic (exact) mass is 350 g/mol. The SMILES string of the molecule is Cl.OCCN1CCN(CC(O)COc2ccc(Cl)cc2)CC1. The van der Waals surface area contributed by atoms with Crippen LogP contribution in [0.15, 0.2) is 24.3 Å². The molecule has 1 unspecified atom stereocenters. The Balaban J connectivity index is 0.00000242. The molecule has 1 fully saturated rings. The highest BCUT2D eigenvalue weighted by atomic mass is 35.5. The van der Waals surface area contributed by atoms with Gasteiger partial charge in [0.25, 0.3) is 0 Å². The largest absolute Gasteiger partial charge is 0.491 e. The number of piperazine rings is 1. The highest BCUT2D eigenvalue weighted by Gasteiger charge is 2.19. The Kier molecular flexibility index (Phi) is 9.09. The van der Waals surface area contributed by atoms with E-state index in [1.54, 1.807) is 24.3 Å². The Bertz CT molecular complexity index is 412. The van der Waals surface area contributed by atoms with E-state index in [1.165, 1.54) is 0 Å². The molecule has 5 nitrogen and oxygen atoms in total. The molecule has 22 heavy (non-hydrogen) atoms. The minimum Gasteiger partial charge on any atom is -0.491 e. The summed E-state index contributed by atoms with van der Waals surface area (Å²) in [5.41, 5.74) is 0. The zero-order valence-corrected chi connectivity index (χ0v) is 14.1. The molecule has 7 heteroatoms. The van der Waals surface area contributed by atoms with Crippen LogP contribution in [0.3, 0.4) is 0 Å². The molecule has 1 aliphatic rings. The fourth-order valence-corrected chi connectivity index (χ4v) is 2.54. The van der Waals surface area contributed by atoms with Crippen LogP contribution in [0.25, 0.3) is 0 Å². The van der Waals surface area contributed by atoms with Crippen molar-refractivity contribution in [1.82, 2.24) is 9.80 Å². The maximum absolute atomic E-state index is 10.0. The lowest BCUT2D eigenvalue weighted by Crippen LogP contribution is -2.49. The fraction of sp³-hybridized carbons (Fsp3) is 0.600. The number of benzene rings is 1. The van der Waals surface area contributed by atoms with Crippen LogP contribution in [-0.4, -0.2) is 78.6 Å². The Labute approximate surface area is 142 Å². The standard InChI is InChI=1S/C15H23ClN2O3.ClH/c16-13-1-3-15(4-2-13)21-12-14(20)11-18-7-5-17(6-8-18)9-10-19;/h1-4,14,19-20H,5-12H2;1H. The molecule has 0 bridgehead atoms. The van der Waals surface area contributed by atoms with Crippen molar-refractivity contribution in [2.75, 3.05) is 52.5 Å². The van der Waals surface area contributed by atoms with Gasteiger partial charge in [-0.1, -0.05) is 11.6 Å². The van der Waals surface area contributed by atoms with Gasteiger partial charge in [0, 0.05) is 44.3 Å². The van der Waals surface area contributed by atoms with E-state index < -0.39 is 6.10 Å². The zero-order chi connectivity index (χ0) is 15.1. The maximum Gasteiger partial charge on any atom is 0.119 e. The van der Waals surface area contributed by atoms with Crippen LogP contribution in [0.4, 0.5) is 0 Å². The van der Waals surface area contributed by atoms with Crippen LogP contribution in [0.1, 0.15) is 0 Å². The minimum atomic E-state index is -0.509. The first-order valence-corrected chi connectivity index (χ1v) is 7.67. The molecule has 0 spiro atoms. The molecule has 1 saturated heterocycles. The van der Waals surface area contributed by atoms with E-state index in [-0.39, 0.29) is 25.6 Å². The van der Waals surface area contributed by atoms with Crippen molar-refractivity contribution in [2.24, 2.45) is 0 Å². The number of ether oxygens (including phenoxy) is 1. The summed E-state index contributed by atoms with van der Waals surface area (Å²) < 4.78 is 5.55. The Morgan fingerprint density at radius 1 is 1.09 bits per heavy atom. The lowest BCUT2D eigenvalue weighted by Gasteiger charge is -2.35. The average Bonchev–Trinajstić information content (AvgIpc) is 2.49. The average molecular weight is 351 g/mol. The van der Waals surface area contributed by atoms with Gasteiger partial charge in [-0.25, -0.2) is 0 Å². The number of nitrogens with zero attached hydrogens (tertiary/aromatic N) is 2. The van der Waals surface area contributed by atoms with Gasteiger partial charge in [-0.15, -0.1) is 12.4 Å². The van der Waals surface area contributed by atoms with Gasteiger partial charge in [0.1, 0.15) is 18.5 Å². The quantitative estimate of drug-likeness (QED) is 0.771. The van der Waals surface area contributed by atoms with E-state index in [0.29, 0.717) is 17.3 Å². The van der Waals surface area contributed by atoms with Crippen molar-refractivity contribution in [3.63, 3.8) is 0 Å². The molecule has 1 heterocycles. The molecule has 2 N–H and O–H groups in total. The smallest absolute Gasteiger partial charge is 0.119 e. The van der Waals surface area contributed by atoms with Crippen LogP contribution >= 0.6 is 24.0 Å². The molecular weight excluding hydrogens is 327 g/mol. The van der Waals surface area contributed by atoms with E-state index in [4.69, 9.17) is 21.4 Å². The second-order valence-electron chi connectivity index (χ2n) is 5.28. The molecule has 2 rings (SSSR count). The highest BCUT2D eigenvalue weighted by Crippen LogP contribution is 2.15. The molecule has 0 aromatic heterocycles. The topological polar surface area (TPSA) is 56.2 Å². The fourth-order valence-electron chi connectivity index (χ4n) is 2.41. The van der Waals surface area contributed by atoms with Gasteiger partial charge < -0.3 is 14.9 Å². The van der Waals surface area contributed by atoms with Gasteiger partial charge in [-0.05, 0) is 24.3 Å². The van der Waals surface area contributed by atoms with Gasteiger partial charge in [-0.3, -0.25) is 9.80 Å². The number of β-amino-alcohol motifs (C(OH)–C–C–N with tert-alkyl or cyclic N) is 2. The number of hydrogen-bond donors (Lipinski definition) is 2. The van der Waals surface area contributed by atoms with Crippen molar-refractivity contribution in [1.29, 1.82) is 0 Å². The van der Waals surface area contributed by atoms with Gasteiger partial charge in [0.15, 0.2) is 0 Å². The van der Waals surface area contributed by atoms with Crippen molar-refractivity contribution >= 4 is 24.0 Å². The van der Waals surface area contributed by atoms with E-state index in [0.717, 1.165) is 32.7 Å². The van der Waals surface area contributed by atoms with E-state index in [9.17, 15) is 5.11 Å². The van der Waals surface area contributed by atoms with Gasteiger partial charge in [0.05, 0.1) is 6.61 Å². The first-order valence-electron chi connectivity index (χ1n) is 7.29. The summed E-state index contributed by atoms with van der Waals surface area (Å²) in [5.74, 6) is 0.714. The number of halogens is 2. The molecule has 0 radical (unpaired) electrons. The van der Waals surface area contributed by atoms with Crippen molar-refractivity contribution in [3.8, 4) is 5.75 Å². The first kappa shape index (κ1) is 19.5. The molecular formula is C15H24Cl2N2O3. The Hall–Kier alpha value is -0.560. The van der Waals surface area contributed by atoms with E-state index >= 15 is 0 Å². The molecule has 0 amide bonds. The predicted molar refractivity (Wildman–Crippen MR) is 90.2 cm³/mol. The summed E-state index contributed by atoms with van der Waals surface area (Å²) in [5, 5.41) is 19.6. The number of aliphatic hydroxyl groups excluding tert-OH is 2. The number of hydrogen-bond acceptors (Lipinski definition) is 5. The summed E-state index contributed by atoms with van der Waals surface area (Å²) in [4.78, 5) is 4.46. The summed E-state index contributed by atoms with van der Waals surface area (Å²) in [7, 11) is 0. The molecule has 1 aliphatic heterocycles. The van der Waals surface area contributed by atoms with Crippen LogP contribution < -0.4 is 4.74 Å². The summed E-state index contributed by atoms with van der Waals surface area (Å²) in [6.45, 7) is 5.53. The third-order valence-electron chi connectivity index (χ3n) is 3.61. The van der Waals surface area contributed by atoms with Gasteiger partial charge in [-0.2, -0.15) is 0 Å². The van der Waals surface area contributed by atoms with Crippen LogP contribution in [0, 0.1) is 0 Å². The van der Waals surface area contributed by atoms with Crippen LogP contribution in [-0.2, 0) is 0 Å². The summed E-state index contributed by atoms with van der Waals surface area (Å²) in [6, 6.07) is 7.12. The van der Waals surface area contributed by atoms with Crippen LogP contribution in [0.5, 0.6) is 5.75 Å². The summed E-state index contributed by atoms with van der Waals surface area (Å²) >= 11 is 5.81. The lowest BCUT2D eigenvalue weighted by atomic mass is 10.2. The number of aliphatic hydroxyl groups is 2. The van der Waals surface area contributed by atoms with Crippen molar-refractivity contribution in [3.05, 3.63) is 29.3 Å². The minimum absolute atomic E-state index is 0. The molecule has 1 atom stereocenters. The Morgan fingerprint density at radius 2 is 1.68 bits per heavy atom. The highest BCUT2D eigenvalue weighted by molar-refractivity contribution is 6.30. The molecule has 1 aromatic rings. The second kappa shape index (κ2) is 10.3. The molecule has 1 aromatic carbocycles. The zero-order valence-electron chi connectivity index (χ0n) is 12.5. The number of rotatable bonds is 7. The normalized spacial score (nSPS) is 17.8. The van der Waals surface area contributed by atoms with Crippen LogP contribution in [0.2, 0.25) is 5.02 Å². The van der Waals surface area contributed by atoms with Gasteiger partial charge in [0.2, 0.25) is 0 Å². The van der Waals surface area contributed by atoms with E-state index in [2.05, 4.69) is 9.80 Å². The lowest BCUT2D eigenvalue weighted by molar-refractivity contribution is 0.0428. The van der Waals surface area contributed by atoms with Crippen molar-refractivity contribution < 1.29 is 14.9 Å². The Morgan fingerprint density at radius 3 is 2.27 bits per heavy atom. The molecule has 126 valence electrons. The van der Waals surface area contributed by atoms with Crippen molar-refractivity contribution in [2.45, 2.75) is 6.10 Å². The first-order chi connectivity index (χ1) is 10.2. The summed E-state index contributed by atoms with van der Waals surface area (Å²) in [6.07, 6.45) is -0.509.